The fourth-order valence-electron chi connectivity index (χ4n) is 2.92. The van der Waals surface area contributed by atoms with E-state index in [4.69, 9.17) is 9.47 Å². The summed E-state index contributed by atoms with van der Waals surface area (Å²) in [6.45, 7) is 0. The fraction of sp³-hybridized carbons (Fsp3) is 0.294. The number of hydrogen-bond acceptors (Lipinski definition) is 4. The van der Waals surface area contributed by atoms with E-state index in [2.05, 4.69) is 4.72 Å². The summed E-state index contributed by atoms with van der Waals surface area (Å²) >= 11 is 0. The Morgan fingerprint density at radius 2 is 1.71 bits per heavy atom. The highest BCUT2D eigenvalue weighted by Crippen LogP contribution is 2.39. The van der Waals surface area contributed by atoms with Gasteiger partial charge in [0.25, 0.3) is 0 Å². The summed E-state index contributed by atoms with van der Waals surface area (Å²) < 4.78 is 51.2. The maximum atomic E-state index is 13.0. The van der Waals surface area contributed by atoms with Crippen molar-refractivity contribution in [3.05, 3.63) is 53.3 Å². The Bertz CT molecular complexity index is 850. The third-order valence-electron chi connectivity index (χ3n) is 4.14. The number of fused-ring (bicyclic) bond motifs is 1. The summed E-state index contributed by atoms with van der Waals surface area (Å²) in [5.41, 5.74) is 1.90. The average Bonchev–Trinajstić information content (AvgIpc) is 2.95. The molecule has 0 aromatic heterocycles. The first kappa shape index (κ1) is 16.7. The zero-order valence-electron chi connectivity index (χ0n) is 13.4. The lowest BCUT2D eigenvalue weighted by atomic mass is 10.1. The number of ether oxygens (including phenoxy) is 2. The van der Waals surface area contributed by atoms with Crippen LogP contribution in [0.25, 0.3) is 0 Å². The van der Waals surface area contributed by atoms with Crippen molar-refractivity contribution in [2.24, 2.45) is 0 Å². The SMILES string of the molecule is COc1cc2c(cc1OC)C(NS(=O)(=O)c1ccc(F)cc1)CC2. The molecule has 2 aromatic rings. The van der Waals surface area contributed by atoms with Crippen molar-refractivity contribution in [3.63, 3.8) is 0 Å². The quantitative estimate of drug-likeness (QED) is 0.900. The first-order valence-electron chi connectivity index (χ1n) is 7.47. The summed E-state index contributed by atoms with van der Waals surface area (Å²) in [4.78, 5) is 0.0397. The van der Waals surface area contributed by atoms with Crippen molar-refractivity contribution in [3.8, 4) is 11.5 Å². The molecule has 2 aromatic carbocycles. The molecule has 0 aliphatic heterocycles. The number of aryl methyl sites for hydroxylation is 1. The average molecular weight is 351 g/mol. The highest BCUT2D eigenvalue weighted by Gasteiger charge is 2.29. The van der Waals surface area contributed by atoms with Gasteiger partial charge in [-0.1, -0.05) is 0 Å². The van der Waals surface area contributed by atoms with E-state index < -0.39 is 15.8 Å². The topological polar surface area (TPSA) is 64.6 Å². The fourth-order valence-corrected chi connectivity index (χ4v) is 4.17. The van der Waals surface area contributed by atoms with E-state index in [1.807, 2.05) is 6.07 Å². The molecule has 1 N–H and O–H groups in total. The van der Waals surface area contributed by atoms with Crippen LogP contribution in [0.1, 0.15) is 23.6 Å². The van der Waals surface area contributed by atoms with Crippen LogP contribution in [0.2, 0.25) is 0 Å². The molecular formula is C17H18FNO4S. The molecule has 7 heteroatoms. The molecule has 0 heterocycles. The van der Waals surface area contributed by atoms with Crippen LogP contribution in [0.3, 0.4) is 0 Å². The molecule has 128 valence electrons. The molecule has 1 aliphatic rings. The molecule has 1 atom stereocenters. The summed E-state index contributed by atoms with van der Waals surface area (Å²) in [5, 5.41) is 0. The van der Waals surface area contributed by atoms with E-state index in [9.17, 15) is 12.8 Å². The molecule has 1 aliphatic carbocycles. The number of halogens is 1. The number of sulfonamides is 1. The van der Waals surface area contributed by atoms with Gasteiger partial charge in [-0.2, -0.15) is 0 Å². The first-order valence-corrected chi connectivity index (χ1v) is 8.95. The van der Waals surface area contributed by atoms with E-state index >= 15 is 0 Å². The standard InChI is InChI=1S/C17H18FNO4S/c1-22-16-9-11-3-8-15(14(11)10-17(16)23-2)19-24(20,21)13-6-4-12(18)5-7-13/h4-7,9-10,15,19H,3,8H2,1-2H3. The van der Waals surface area contributed by atoms with Gasteiger partial charge in [0, 0.05) is 6.04 Å². The summed E-state index contributed by atoms with van der Waals surface area (Å²) in [5.74, 6) is 0.708. The largest absolute Gasteiger partial charge is 0.493 e. The predicted octanol–water partition coefficient (Wildman–Crippen LogP) is 2.81. The Labute approximate surface area is 140 Å². The smallest absolute Gasteiger partial charge is 0.241 e. The van der Waals surface area contributed by atoms with Crippen molar-refractivity contribution in [1.82, 2.24) is 4.72 Å². The molecular weight excluding hydrogens is 333 g/mol. The highest BCUT2D eigenvalue weighted by molar-refractivity contribution is 7.89. The molecule has 3 rings (SSSR count). The third kappa shape index (κ3) is 3.09. The maximum absolute atomic E-state index is 13.0. The lowest BCUT2D eigenvalue weighted by Crippen LogP contribution is -2.27. The van der Waals surface area contributed by atoms with Crippen LogP contribution in [0.5, 0.6) is 11.5 Å². The van der Waals surface area contributed by atoms with Crippen LogP contribution in [0.4, 0.5) is 4.39 Å². The van der Waals surface area contributed by atoms with Crippen LogP contribution in [-0.2, 0) is 16.4 Å². The zero-order chi connectivity index (χ0) is 17.3. The van der Waals surface area contributed by atoms with E-state index in [-0.39, 0.29) is 10.9 Å². The minimum absolute atomic E-state index is 0.0397. The molecule has 0 bridgehead atoms. The normalized spacial score (nSPS) is 16.7. The second kappa shape index (κ2) is 6.41. The summed E-state index contributed by atoms with van der Waals surface area (Å²) in [6, 6.07) is 8.09. The molecule has 0 radical (unpaired) electrons. The predicted molar refractivity (Wildman–Crippen MR) is 87.3 cm³/mol. The Balaban J connectivity index is 1.90. The van der Waals surface area contributed by atoms with Gasteiger partial charge in [-0.05, 0) is 60.4 Å². The van der Waals surface area contributed by atoms with E-state index in [0.29, 0.717) is 17.9 Å². The molecule has 0 spiro atoms. The Morgan fingerprint density at radius 1 is 1.08 bits per heavy atom. The summed E-state index contributed by atoms with van der Waals surface area (Å²) in [7, 11) is -0.625. The lowest BCUT2D eigenvalue weighted by Gasteiger charge is -2.16. The number of methoxy groups -OCH3 is 2. The highest BCUT2D eigenvalue weighted by atomic mass is 32.2. The maximum Gasteiger partial charge on any atom is 0.241 e. The lowest BCUT2D eigenvalue weighted by molar-refractivity contribution is 0.354. The van der Waals surface area contributed by atoms with Crippen LogP contribution in [0, 0.1) is 5.82 Å². The van der Waals surface area contributed by atoms with Crippen molar-refractivity contribution in [1.29, 1.82) is 0 Å². The van der Waals surface area contributed by atoms with Crippen LogP contribution in [-0.4, -0.2) is 22.6 Å². The van der Waals surface area contributed by atoms with Gasteiger partial charge in [0.05, 0.1) is 19.1 Å². The number of nitrogens with one attached hydrogen (secondary N) is 1. The molecule has 1 unspecified atom stereocenters. The zero-order valence-corrected chi connectivity index (χ0v) is 14.2. The second-order valence-corrected chi connectivity index (χ2v) is 7.29. The Hall–Kier alpha value is -2.12. The molecule has 0 saturated heterocycles. The first-order chi connectivity index (χ1) is 11.4. The van der Waals surface area contributed by atoms with Gasteiger partial charge in [0.15, 0.2) is 11.5 Å². The van der Waals surface area contributed by atoms with Crippen LogP contribution < -0.4 is 14.2 Å². The van der Waals surface area contributed by atoms with Crippen molar-refractivity contribution >= 4 is 10.0 Å². The van der Waals surface area contributed by atoms with Gasteiger partial charge < -0.3 is 9.47 Å². The number of benzene rings is 2. The monoisotopic (exact) mass is 351 g/mol. The second-order valence-electron chi connectivity index (χ2n) is 5.57. The molecule has 24 heavy (non-hydrogen) atoms. The van der Waals surface area contributed by atoms with Crippen molar-refractivity contribution < 1.29 is 22.3 Å². The van der Waals surface area contributed by atoms with E-state index in [1.54, 1.807) is 13.2 Å². The minimum atomic E-state index is -3.73. The number of rotatable bonds is 5. The number of hydrogen-bond donors (Lipinski definition) is 1. The Kier molecular flexibility index (Phi) is 4.47. The van der Waals surface area contributed by atoms with Gasteiger partial charge in [0.2, 0.25) is 10.0 Å². The molecule has 0 amide bonds. The van der Waals surface area contributed by atoms with Crippen LogP contribution in [0.15, 0.2) is 41.3 Å². The van der Waals surface area contributed by atoms with Crippen LogP contribution >= 0.6 is 0 Å². The summed E-state index contributed by atoms with van der Waals surface area (Å²) in [6.07, 6.45) is 1.39. The molecule has 5 nitrogen and oxygen atoms in total. The van der Waals surface area contributed by atoms with Gasteiger partial charge in [0.1, 0.15) is 5.82 Å². The Morgan fingerprint density at radius 3 is 2.33 bits per heavy atom. The van der Waals surface area contributed by atoms with Gasteiger partial charge in [-0.15, -0.1) is 0 Å². The van der Waals surface area contributed by atoms with Crippen molar-refractivity contribution in [2.75, 3.05) is 14.2 Å². The minimum Gasteiger partial charge on any atom is -0.493 e. The van der Waals surface area contributed by atoms with E-state index in [1.165, 1.54) is 19.2 Å². The van der Waals surface area contributed by atoms with Crippen molar-refractivity contribution in [2.45, 2.75) is 23.8 Å². The van der Waals surface area contributed by atoms with E-state index in [0.717, 1.165) is 29.7 Å². The van der Waals surface area contributed by atoms with Gasteiger partial charge in [-0.25, -0.2) is 17.5 Å². The third-order valence-corrected chi connectivity index (χ3v) is 5.63. The molecule has 0 fully saturated rings. The molecule has 0 saturated carbocycles. The van der Waals surface area contributed by atoms with Gasteiger partial charge in [-0.3, -0.25) is 0 Å². The van der Waals surface area contributed by atoms with Gasteiger partial charge >= 0.3 is 0 Å².